The van der Waals surface area contributed by atoms with Crippen LogP contribution >= 0.6 is 0 Å². The molecule has 4 heteroatoms. The van der Waals surface area contributed by atoms with Crippen molar-refractivity contribution in [3.8, 4) is 0 Å². The Morgan fingerprint density at radius 1 is 1.42 bits per heavy atom. The van der Waals surface area contributed by atoms with Gasteiger partial charge in [-0.05, 0) is 26.3 Å². The lowest BCUT2D eigenvalue weighted by molar-refractivity contribution is 0.374. The van der Waals surface area contributed by atoms with Gasteiger partial charge in [0, 0.05) is 12.6 Å². The molecule has 0 heterocycles. The molecular weight excluding hydrogens is 152 g/mol. The largest absolute Gasteiger partial charge is 0.329 e. The summed E-state index contributed by atoms with van der Waals surface area (Å²) >= 11 is 0. The van der Waals surface area contributed by atoms with Crippen LogP contribution < -0.4 is 22.5 Å². The highest BCUT2D eigenvalue weighted by molar-refractivity contribution is 4.76. The van der Waals surface area contributed by atoms with E-state index in [1.807, 2.05) is 13.8 Å². The van der Waals surface area contributed by atoms with Crippen LogP contribution in [0.25, 0.3) is 0 Å². The number of hydrogen-bond donors (Lipinski definition) is 4. The molecule has 0 saturated carbocycles. The van der Waals surface area contributed by atoms with E-state index in [-0.39, 0.29) is 0 Å². The monoisotopic (exact) mass is 174 g/mol. The molecule has 0 bridgehead atoms. The summed E-state index contributed by atoms with van der Waals surface area (Å²) in [5.74, 6) is 0. The van der Waals surface area contributed by atoms with Crippen molar-refractivity contribution in [1.29, 1.82) is 0 Å². The first-order valence-corrected chi connectivity index (χ1v) is 4.53. The summed E-state index contributed by atoms with van der Waals surface area (Å²) in [5, 5.41) is 3.24. The second kappa shape index (κ2) is 5.48. The number of nitrogens with two attached hydrogens (primary N) is 3. The fourth-order valence-electron chi connectivity index (χ4n) is 0.811. The summed E-state index contributed by atoms with van der Waals surface area (Å²) in [6.45, 7) is 5.51. The first-order valence-electron chi connectivity index (χ1n) is 4.53. The molecule has 7 N–H and O–H groups in total. The van der Waals surface area contributed by atoms with Gasteiger partial charge in [0.25, 0.3) is 0 Å². The summed E-state index contributed by atoms with van der Waals surface area (Å²) in [6, 6.07) is 0.345. The Labute approximate surface area is 74.9 Å². The van der Waals surface area contributed by atoms with Crippen LogP contribution in [0.2, 0.25) is 0 Å². The van der Waals surface area contributed by atoms with Crippen molar-refractivity contribution >= 4 is 0 Å². The van der Waals surface area contributed by atoms with E-state index in [0.717, 1.165) is 19.4 Å². The molecule has 0 aliphatic heterocycles. The Bertz CT molecular complexity index is 114. The predicted octanol–water partition coefficient (Wildman–Crippen LogP) is -0.663. The molecule has 0 spiro atoms. The molecule has 0 aromatic rings. The summed E-state index contributed by atoms with van der Waals surface area (Å²) in [5.41, 5.74) is 16.4. The molecule has 0 amide bonds. The van der Waals surface area contributed by atoms with Crippen LogP contribution in [0.4, 0.5) is 0 Å². The van der Waals surface area contributed by atoms with E-state index in [0.29, 0.717) is 12.6 Å². The van der Waals surface area contributed by atoms with Crippen LogP contribution in [-0.4, -0.2) is 24.8 Å². The molecule has 74 valence electrons. The Kier molecular flexibility index (Phi) is 5.41. The average molecular weight is 174 g/mol. The van der Waals surface area contributed by atoms with Crippen molar-refractivity contribution in [1.82, 2.24) is 5.32 Å². The molecule has 0 aromatic heterocycles. The molecule has 0 radical (unpaired) electrons. The van der Waals surface area contributed by atoms with Gasteiger partial charge in [-0.2, -0.15) is 0 Å². The number of rotatable bonds is 6. The Morgan fingerprint density at radius 2 is 2.00 bits per heavy atom. The smallest absolute Gasteiger partial charge is 0.0646 e. The highest BCUT2D eigenvalue weighted by atomic mass is 15.0. The highest BCUT2D eigenvalue weighted by Crippen LogP contribution is 2.01. The fraction of sp³-hybridized carbons (Fsp3) is 1.00. The predicted molar refractivity (Wildman–Crippen MR) is 52.5 cm³/mol. The van der Waals surface area contributed by atoms with Crippen LogP contribution in [0, 0.1) is 0 Å². The minimum Gasteiger partial charge on any atom is -0.329 e. The van der Waals surface area contributed by atoms with Gasteiger partial charge in [-0.25, -0.2) is 0 Å². The van der Waals surface area contributed by atoms with Crippen molar-refractivity contribution < 1.29 is 0 Å². The lowest BCUT2D eigenvalue weighted by atomic mass is 10.1. The second-order valence-electron chi connectivity index (χ2n) is 3.43. The minimum absolute atomic E-state index is 0.345. The van der Waals surface area contributed by atoms with Gasteiger partial charge in [0.15, 0.2) is 0 Å². The lowest BCUT2D eigenvalue weighted by Crippen LogP contribution is -2.51. The molecule has 1 unspecified atom stereocenters. The maximum Gasteiger partial charge on any atom is 0.0646 e. The van der Waals surface area contributed by atoms with Gasteiger partial charge < -0.3 is 22.5 Å². The molecule has 12 heavy (non-hydrogen) atoms. The SMILES string of the molecule is CCC(N)(N)CCNC(C)CN. The molecule has 0 saturated heterocycles. The quantitative estimate of drug-likeness (QED) is 0.402. The van der Waals surface area contributed by atoms with Crippen molar-refractivity contribution in [2.75, 3.05) is 13.1 Å². The summed E-state index contributed by atoms with van der Waals surface area (Å²) in [7, 11) is 0. The van der Waals surface area contributed by atoms with Crippen LogP contribution in [0.15, 0.2) is 0 Å². The van der Waals surface area contributed by atoms with Gasteiger partial charge >= 0.3 is 0 Å². The Balaban J connectivity index is 3.42. The van der Waals surface area contributed by atoms with E-state index in [1.54, 1.807) is 0 Å². The zero-order valence-electron chi connectivity index (χ0n) is 8.14. The molecule has 4 nitrogen and oxygen atoms in total. The summed E-state index contributed by atoms with van der Waals surface area (Å²) in [6.07, 6.45) is 1.58. The van der Waals surface area contributed by atoms with Crippen LogP contribution in [-0.2, 0) is 0 Å². The fourth-order valence-corrected chi connectivity index (χ4v) is 0.811. The summed E-state index contributed by atoms with van der Waals surface area (Å²) < 4.78 is 0. The Morgan fingerprint density at radius 3 is 2.42 bits per heavy atom. The molecule has 0 rings (SSSR count). The maximum atomic E-state index is 5.75. The van der Waals surface area contributed by atoms with Crippen molar-refractivity contribution in [3.05, 3.63) is 0 Å². The van der Waals surface area contributed by atoms with E-state index >= 15 is 0 Å². The first-order chi connectivity index (χ1) is 5.52. The summed E-state index contributed by atoms with van der Waals surface area (Å²) in [4.78, 5) is 0. The van der Waals surface area contributed by atoms with E-state index < -0.39 is 5.66 Å². The maximum absolute atomic E-state index is 5.75. The third-order valence-electron chi connectivity index (χ3n) is 2.10. The van der Waals surface area contributed by atoms with Gasteiger partial charge in [0.05, 0.1) is 5.66 Å². The van der Waals surface area contributed by atoms with Gasteiger partial charge in [0.2, 0.25) is 0 Å². The van der Waals surface area contributed by atoms with Crippen LogP contribution in [0.3, 0.4) is 0 Å². The van der Waals surface area contributed by atoms with E-state index in [1.165, 1.54) is 0 Å². The molecule has 0 fully saturated rings. The molecule has 1 atom stereocenters. The van der Waals surface area contributed by atoms with Crippen molar-refractivity contribution in [2.24, 2.45) is 17.2 Å². The topological polar surface area (TPSA) is 90.1 Å². The van der Waals surface area contributed by atoms with Crippen molar-refractivity contribution in [3.63, 3.8) is 0 Å². The van der Waals surface area contributed by atoms with Gasteiger partial charge in [-0.15, -0.1) is 0 Å². The second-order valence-corrected chi connectivity index (χ2v) is 3.43. The minimum atomic E-state index is -0.526. The van der Waals surface area contributed by atoms with Gasteiger partial charge in [-0.1, -0.05) is 6.92 Å². The normalized spacial score (nSPS) is 14.8. The van der Waals surface area contributed by atoms with Crippen LogP contribution in [0.1, 0.15) is 26.7 Å². The zero-order chi connectivity index (χ0) is 9.61. The van der Waals surface area contributed by atoms with Crippen LogP contribution in [0.5, 0.6) is 0 Å². The van der Waals surface area contributed by atoms with E-state index in [2.05, 4.69) is 5.32 Å². The number of hydrogen-bond acceptors (Lipinski definition) is 4. The molecule has 0 aliphatic carbocycles. The molecular formula is C8H22N4. The third-order valence-corrected chi connectivity index (χ3v) is 2.10. The van der Waals surface area contributed by atoms with Crippen molar-refractivity contribution in [2.45, 2.75) is 38.4 Å². The molecule has 0 aliphatic rings. The third kappa shape index (κ3) is 5.49. The average Bonchev–Trinajstić information content (AvgIpc) is 2.04. The number of nitrogens with one attached hydrogen (secondary N) is 1. The Hall–Kier alpha value is -0.160. The first kappa shape index (κ1) is 11.8. The standard InChI is InChI=1S/C8H22N4/c1-3-8(10,11)4-5-12-7(2)6-9/h7,12H,3-6,9-11H2,1-2H3. The zero-order valence-corrected chi connectivity index (χ0v) is 8.14. The molecule has 0 aromatic carbocycles. The van der Waals surface area contributed by atoms with E-state index in [4.69, 9.17) is 17.2 Å². The van der Waals surface area contributed by atoms with Gasteiger partial charge in [0.1, 0.15) is 0 Å². The van der Waals surface area contributed by atoms with E-state index in [9.17, 15) is 0 Å². The van der Waals surface area contributed by atoms with Gasteiger partial charge in [-0.3, -0.25) is 0 Å². The lowest BCUT2D eigenvalue weighted by Gasteiger charge is -2.23. The highest BCUT2D eigenvalue weighted by Gasteiger charge is 2.15.